The third-order valence-corrected chi connectivity index (χ3v) is 10.8. The van der Waals surface area contributed by atoms with E-state index in [1.807, 2.05) is 6.08 Å². The maximum absolute atomic E-state index is 12.7. The number of esters is 3. The van der Waals surface area contributed by atoms with Crippen molar-refractivity contribution in [1.29, 1.82) is 0 Å². The van der Waals surface area contributed by atoms with E-state index < -0.39 is 6.10 Å². The molecule has 350 valence electrons. The maximum Gasteiger partial charge on any atom is 0.306 e. The predicted octanol–water partition coefficient (Wildman–Crippen LogP) is 16.6. The van der Waals surface area contributed by atoms with Gasteiger partial charge in [-0.15, -0.1) is 0 Å². The summed E-state index contributed by atoms with van der Waals surface area (Å²) in [4.78, 5) is 37.9. The van der Waals surface area contributed by atoms with Crippen LogP contribution in [0.25, 0.3) is 0 Å². The lowest BCUT2D eigenvalue weighted by atomic mass is 10.0. The van der Waals surface area contributed by atoms with Crippen molar-refractivity contribution in [2.24, 2.45) is 0 Å². The molecule has 0 saturated heterocycles. The van der Waals surface area contributed by atoms with Gasteiger partial charge in [0, 0.05) is 19.3 Å². The SMILES string of the molecule is CCCCC\C=C/C=C\C=C/C=C\CCCCCCCC(=O)OCC(COC(=O)CCCCCCCCCCCCCC)OC(=O)CC/C=C\C/C=C\CCCCCCCC. The number of carbonyl (C=O) groups is 3. The van der Waals surface area contributed by atoms with Gasteiger partial charge in [0.2, 0.25) is 0 Å². The van der Waals surface area contributed by atoms with Crippen molar-refractivity contribution < 1.29 is 28.6 Å². The average Bonchev–Trinajstić information content (AvgIpc) is 3.26. The molecule has 0 N–H and O–H groups in total. The molecule has 6 nitrogen and oxygen atoms in total. The number of hydrogen-bond acceptors (Lipinski definition) is 6. The smallest absolute Gasteiger partial charge is 0.306 e. The molecule has 0 fully saturated rings. The van der Waals surface area contributed by atoms with E-state index >= 15 is 0 Å². The summed E-state index contributed by atoms with van der Waals surface area (Å²) in [7, 11) is 0. The van der Waals surface area contributed by atoms with Crippen LogP contribution in [-0.4, -0.2) is 37.2 Å². The summed E-state index contributed by atoms with van der Waals surface area (Å²) in [5, 5.41) is 0. The van der Waals surface area contributed by atoms with E-state index in [0.717, 1.165) is 77.0 Å². The Morgan fingerprint density at radius 2 is 0.689 bits per heavy atom. The molecule has 0 aromatic carbocycles. The van der Waals surface area contributed by atoms with Crippen molar-refractivity contribution in [2.45, 2.75) is 245 Å². The Kier molecular flexibility index (Phi) is 46.9. The number of rotatable bonds is 45. The molecule has 0 aliphatic rings. The highest BCUT2D eigenvalue weighted by Crippen LogP contribution is 2.14. The minimum atomic E-state index is -0.813. The van der Waals surface area contributed by atoms with Crippen LogP contribution in [0, 0.1) is 0 Å². The van der Waals surface area contributed by atoms with Crippen molar-refractivity contribution in [3.8, 4) is 0 Å². The zero-order valence-electron chi connectivity index (χ0n) is 39.9. The van der Waals surface area contributed by atoms with Gasteiger partial charge in [0.25, 0.3) is 0 Å². The second kappa shape index (κ2) is 49.5. The lowest BCUT2D eigenvalue weighted by molar-refractivity contribution is -0.166. The number of allylic oxidation sites excluding steroid dienone is 12. The molecule has 0 spiro atoms. The first kappa shape index (κ1) is 57.9. The Bertz CT molecular complexity index is 1160. The van der Waals surface area contributed by atoms with Gasteiger partial charge in [-0.3, -0.25) is 14.4 Å². The minimum Gasteiger partial charge on any atom is -0.462 e. The highest BCUT2D eigenvalue weighted by molar-refractivity contribution is 5.71. The van der Waals surface area contributed by atoms with E-state index in [2.05, 4.69) is 87.6 Å². The molecule has 1 atom stereocenters. The fourth-order valence-corrected chi connectivity index (χ4v) is 6.92. The van der Waals surface area contributed by atoms with E-state index in [4.69, 9.17) is 14.2 Å². The Balaban J connectivity index is 4.48. The Morgan fingerprint density at radius 3 is 1.15 bits per heavy atom. The zero-order valence-corrected chi connectivity index (χ0v) is 39.9. The largest absolute Gasteiger partial charge is 0.462 e. The van der Waals surface area contributed by atoms with E-state index in [1.165, 1.54) is 116 Å². The Labute approximate surface area is 376 Å². The number of unbranched alkanes of at least 4 members (excludes halogenated alkanes) is 25. The molecule has 61 heavy (non-hydrogen) atoms. The van der Waals surface area contributed by atoms with Gasteiger partial charge in [0.15, 0.2) is 6.10 Å². The van der Waals surface area contributed by atoms with Crippen molar-refractivity contribution >= 4 is 17.9 Å². The van der Waals surface area contributed by atoms with Crippen LogP contribution in [0.5, 0.6) is 0 Å². The highest BCUT2D eigenvalue weighted by atomic mass is 16.6. The normalized spacial score (nSPS) is 12.6. The average molecular weight is 851 g/mol. The fourth-order valence-electron chi connectivity index (χ4n) is 6.92. The fraction of sp³-hybridized carbons (Fsp3) is 0.727. The minimum absolute atomic E-state index is 0.104. The summed E-state index contributed by atoms with van der Waals surface area (Å²) in [6.45, 7) is 6.51. The lowest BCUT2D eigenvalue weighted by Gasteiger charge is -2.18. The van der Waals surface area contributed by atoms with E-state index in [1.54, 1.807) is 0 Å². The molecule has 0 aromatic rings. The first-order chi connectivity index (χ1) is 30.0. The van der Waals surface area contributed by atoms with Gasteiger partial charge < -0.3 is 14.2 Å². The quantitative estimate of drug-likeness (QED) is 0.0200. The maximum atomic E-state index is 12.7. The molecular formula is C55H94O6. The summed E-state index contributed by atoms with van der Waals surface area (Å²) in [6.07, 6.45) is 61.7. The summed E-state index contributed by atoms with van der Waals surface area (Å²) in [6, 6.07) is 0. The monoisotopic (exact) mass is 851 g/mol. The molecule has 0 heterocycles. The topological polar surface area (TPSA) is 78.9 Å². The van der Waals surface area contributed by atoms with Crippen molar-refractivity contribution in [2.75, 3.05) is 13.2 Å². The summed E-state index contributed by atoms with van der Waals surface area (Å²) < 4.78 is 16.7. The first-order valence-electron chi connectivity index (χ1n) is 25.5. The molecule has 0 aliphatic carbocycles. The Morgan fingerprint density at radius 1 is 0.344 bits per heavy atom. The molecule has 1 unspecified atom stereocenters. The predicted molar refractivity (Wildman–Crippen MR) is 261 cm³/mol. The Hall–Kier alpha value is -3.15. The first-order valence-corrected chi connectivity index (χ1v) is 25.5. The summed E-state index contributed by atoms with van der Waals surface area (Å²) in [5.41, 5.74) is 0. The van der Waals surface area contributed by atoms with E-state index in [9.17, 15) is 14.4 Å². The van der Waals surface area contributed by atoms with Crippen LogP contribution in [0.4, 0.5) is 0 Å². The number of ether oxygens (including phenoxy) is 3. The lowest BCUT2D eigenvalue weighted by Crippen LogP contribution is -2.30. The zero-order chi connectivity index (χ0) is 44.4. The molecule has 0 saturated carbocycles. The molecule has 0 rings (SSSR count). The van der Waals surface area contributed by atoms with Crippen LogP contribution in [-0.2, 0) is 28.6 Å². The summed E-state index contributed by atoms with van der Waals surface area (Å²) in [5.74, 6) is -0.996. The van der Waals surface area contributed by atoms with Crippen LogP contribution in [0.1, 0.15) is 239 Å². The van der Waals surface area contributed by atoms with Crippen LogP contribution in [0.3, 0.4) is 0 Å². The van der Waals surface area contributed by atoms with Crippen LogP contribution < -0.4 is 0 Å². The van der Waals surface area contributed by atoms with Gasteiger partial charge in [0.1, 0.15) is 13.2 Å². The van der Waals surface area contributed by atoms with Crippen molar-refractivity contribution in [1.82, 2.24) is 0 Å². The second-order valence-corrected chi connectivity index (χ2v) is 16.8. The molecule has 0 aromatic heterocycles. The van der Waals surface area contributed by atoms with Crippen LogP contribution >= 0.6 is 0 Å². The van der Waals surface area contributed by atoms with Gasteiger partial charge in [-0.1, -0.05) is 229 Å². The molecule has 0 amide bonds. The van der Waals surface area contributed by atoms with Gasteiger partial charge in [-0.25, -0.2) is 0 Å². The molecule has 0 bridgehead atoms. The number of hydrogen-bond donors (Lipinski definition) is 0. The summed E-state index contributed by atoms with van der Waals surface area (Å²) >= 11 is 0. The van der Waals surface area contributed by atoms with Gasteiger partial charge >= 0.3 is 17.9 Å². The van der Waals surface area contributed by atoms with Gasteiger partial charge in [-0.05, 0) is 64.2 Å². The van der Waals surface area contributed by atoms with Crippen molar-refractivity contribution in [3.63, 3.8) is 0 Å². The van der Waals surface area contributed by atoms with Crippen LogP contribution in [0.2, 0.25) is 0 Å². The molecule has 6 heteroatoms. The molecule has 0 radical (unpaired) electrons. The molecular weight excluding hydrogens is 757 g/mol. The third-order valence-electron chi connectivity index (χ3n) is 10.8. The van der Waals surface area contributed by atoms with E-state index in [-0.39, 0.29) is 37.5 Å². The van der Waals surface area contributed by atoms with Crippen LogP contribution in [0.15, 0.2) is 72.9 Å². The van der Waals surface area contributed by atoms with Gasteiger partial charge in [-0.2, -0.15) is 0 Å². The van der Waals surface area contributed by atoms with Crippen molar-refractivity contribution in [3.05, 3.63) is 72.9 Å². The second-order valence-electron chi connectivity index (χ2n) is 16.8. The van der Waals surface area contributed by atoms with E-state index in [0.29, 0.717) is 19.3 Å². The third kappa shape index (κ3) is 47.7. The molecule has 0 aliphatic heterocycles. The highest BCUT2D eigenvalue weighted by Gasteiger charge is 2.19. The number of carbonyl (C=O) groups excluding carboxylic acids is 3. The van der Waals surface area contributed by atoms with Gasteiger partial charge in [0.05, 0.1) is 0 Å². The standard InChI is InChI=1S/C55H94O6/c1-4-7-10-13-16-19-22-25-26-27-28-29-31-33-36-39-42-45-48-54(57)60-51-52(50-59-53(56)47-44-41-38-35-32-24-21-18-15-12-9-6-3)61-55(58)49-46-43-40-37-34-30-23-20-17-14-11-8-5-2/h16,19,22,25-30,34,40,43,52H,4-15,17-18,20-21,23-24,31-33,35-39,41-42,44-51H2,1-3H3/b19-16-,25-22-,27-26-,29-28-,34-30-,43-40-.